The van der Waals surface area contributed by atoms with E-state index in [0.717, 1.165) is 23.6 Å². The van der Waals surface area contributed by atoms with E-state index in [0.29, 0.717) is 11.6 Å². The number of ether oxygens (including phenoxy) is 2. The van der Waals surface area contributed by atoms with E-state index in [4.69, 9.17) is 31.3 Å². The van der Waals surface area contributed by atoms with Gasteiger partial charge in [-0.2, -0.15) is 0 Å². The number of rotatable bonds is 12. The van der Waals surface area contributed by atoms with Gasteiger partial charge in [0.25, 0.3) is 5.91 Å². The third-order valence-electron chi connectivity index (χ3n) is 5.15. The number of amides is 1. The van der Waals surface area contributed by atoms with Crippen LogP contribution in [0.15, 0.2) is 66.8 Å². The van der Waals surface area contributed by atoms with Gasteiger partial charge in [0.15, 0.2) is 11.5 Å². The number of hydrogen-bond donors (Lipinski definition) is 2. The number of alkyl halides is 1. The van der Waals surface area contributed by atoms with Crippen LogP contribution in [0.3, 0.4) is 0 Å². The number of carbonyl (C=O) groups is 1. The minimum atomic E-state index is -0.776. The molecule has 0 saturated carbocycles. The number of aliphatic hydroxyl groups excluding tert-OH is 2. The highest BCUT2D eigenvalue weighted by molar-refractivity contribution is 6.19. The van der Waals surface area contributed by atoms with E-state index < -0.39 is 11.7 Å². The molecule has 2 aromatic rings. The summed E-state index contributed by atoms with van der Waals surface area (Å²) in [5.74, 6) is 0.108. The van der Waals surface area contributed by atoms with Gasteiger partial charge in [0.2, 0.25) is 0 Å². The lowest BCUT2D eigenvalue weighted by atomic mass is 10.1. The molecule has 2 N–H and O–H groups in total. The van der Waals surface area contributed by atoms with Crippen LogP contribution >= 0.6 is 11.6 Å². The average Bonchev–Trinajstić information content (AvgIpc) is 2.93. The number of methoxy groups -OCH3 is 1. The number of hydrogen-bond acceptors (Lipinski definition) is 5. The van der Waals surface area contributed by atoms with Crippen molar-refractivity contribution in [2.24, 2.45) is 0 Å². The summed E-state index contributed by atoms with van der Waals surface area (Å²) in [5.41, 5.74) is 2.96. The summed E-state index contributed by atoms with van der Waals surface area (Å²) in [6, 6.07) is 7.97. The number of nitrogens with zero attached hydrogens (tertiary/aromatic N) is 1. The van der Waals surface area contributed by atoms with Gasteiger partial charge in [-0.1, -0.05) is 68.0 Å². The highest BCUT2D eigenvalue weighted by Gasteiger charge is 2.22. The van der Waals surface area contributed by atoms with Crippen LogP contribution in [-0.2, 0) is 0 Å². The molecule has 0 atom stereocenters. The van der Waals surface area contributed by atoms with Crippen LogP contribution in [0.4, 0.5) is 4.39 Å². The van der Waals surface area contributed by atoms with E-state index in [2.05, 4.69) is 12.7 Å². The third kappa shape index (κ3) is 13.0. The van der Waals surface area contributed by atoms with E-state index in [9.17, 15) is 9.18 Å². The fourth-order valence-electron chi connectivity index (χ4n) is 3.20. The van der Waals surface area contributed by atoms with E-state index in [-0.39, 0.29) is 43.4 Å². The maximum atomic E-state index is 14.6. The SMILES string of the molecule is C=C/C=C\C/C=C(/C)CCl.CC.COc1cc(C(=O)N(CCO)CCO)c(F)cc1Oc1ccc(C)cc1C. The average molecular weight is 564 g/mol. The summed E-state index contributed by atoms with van der Waals surface area (Å²) in [7, 11) is 1.40. The Hall–Kier alpha value is -3.13. The summed E-state index contributed by atoms with van der Waals surface area (Å²) in [5, 5.41) is 18.1. The number of aryl methyl sites for hydroxylation is 2. The van der Waals surface area contributed by atoms with Gasteiger partial charge in [-0.25, -0.2) is 4.39 Å². The predicted octanol–water partition coefficient (Wildman–Crippen LogP) is 7.00. The third-order valence-corrected chi connectivity index (χ3v) is 5.57. The van der Waals surface area contributed by atoms with E-state index in [1.165, 1.54) is 23.6 Å². The Morgan fingerprint density at radius 1 is 1.08 bits per heavy atom. The Labute approximate surface area is 238 Å². The Kier molecular flexibility index (Phi) is 19.1. The van der Waals surface area contributed by atoms with Gasteiger partial charge < -0.3 is 24.6 Å². The van der Waals surface area contributed by atoms with Crippen LogP contribution in [0, 0.1) is 19.7 Å². The van der Waals surface area contributed by atoms with Gasteiger partial charge in [-0.05, 0) is 44.9 Å². The van der Waals surface area contributed by atoms with Crippen LogP contribution in [0.5, 0.6) is 17.2 Å². The Morgan fingerprint density at radius 3 is 2.23 bits per heavy atom. The molecule has 0 unspecified atom stereocenters. The molecule has 2 aromatic carbocycles. The Balaban J connectivity index is 0.00000101. The molecule has 0 aromatic heterocycles. The summed E-state index contributed by atoms with van der Waals surface area (Å²) in [6.07, 6.45) is 8.79. The summed E-state index contributed by atoms with van der Waals surface area (Å²) in [6.45, 7) is 12.8. The molecule has 0 aliphatic heterocycles. The van der Waals surface area contributed by atoms with Gasteiger partial charge in [-0.15, -0.1) is 11.6 Å². The van der Waals surface area contributed by atoms with Crippen LogP contribution in [0.2, 0.25) is 0 Å². The van der Waals surface area contributed by atoms with Crippen LogP contribution in [-0.4, -0.2) is 60.3 Å². The largest absolute Gasteiger partial charge is 0.493 e. The molecule has 2 rings (SSSR count). The molecule has 0 aliphatic carbocycles. The molecular weight excluding hydrogens is 521 g/mol. The minimum Gasteiger partial charge on any atom is -0.493 e. The highest BCUT2D eigenvalue weighted by Crippen LogP contribution is 2.35. The number of allylic oxidation sites excluding steroid dienone is 5. The zero-order valence-corrected chi connectivity index (χ0v) is 24.7. The topological polar surface area (TPSA) is 79.2 Å². The van der Waals surface area contributed by atoms with Crippen molar-refractivity contribution in [2.75, 3.05) is 39.3 Å². The van der Waals surface area contributed by atoms with Crippen molar-refractivity contribution in [3.63, 3.8) is 0 Å². The van der Waals surface area contributed by atoms with Crippen molar-refractivity contribution in [1.82, 2.24) is 4.90 Å². The first-order valence-electron chi connectivity index (χ1n) is 12.8. The Bertz CT molecular complexity index is 1080. The Morgan fingerprint density at radius 2 is 1.72 bits per heavy atom. The van der Waals surface area contributed by atoms with Gasteiger partial charge in [-0.3, -0.25) is 4.79 Å². The van der Waals surface area contributed by atoms with Gasteiger partial charge >= 0.3 is 0 Å². The first-order valence-corrected chi connectivity index (χ1v) is 13.4. The molecule has 0 spiro atoms. The molecule has 39 heavy (non-hydrogen) atoms. The second-order valence-electron chi connectivity index (χ2n) is 8.18. The molecule has 6 nitrogen and oxygen atoms in total. The molecule has 8 heteroatoms. The number of halogens is 2. The van der Waals surface area contributed by atoms with Gasteiger partial charge in [0.1, 0.15) is 11.6 Å². The molecule has 0 saturated heterocycles. The second-order valence-corrected chi connectivity index (χ2v) is 8.44. The van der Waals surface area contributed by atoms with Crippen molar-refractivity contribution in [1.29, 1.82) is 0 Å². The first kappa shape index (κ1) is 35.9. The van der Waals surface area contributed by atoms with Crippen LogP contribution < -0.4 is 9.47 Å². The molecular formula is C31H43ClFNO5. The number of benzene rings is 2. The van der Waals surface area contributed by atoms with Crippen molar-refractivity contribution in [3.05, 3.63) is 89.3 Å². The normalized spacial score (nSPS) is 10.7. The molecule has 0 heterocycles. The summed E-state index contributed by atoms with van der Waals surface area (Å²) < 4.78 is 25.7. The predicted molar refractivity (Wildman–Crippen MR) is 159 cm³/mol. The molecule has 1 amide bonds. The zero-order valence-electron chi connectivity index (χ0n) is 24.0. The number of carbonyl (C=O) groups excluding carboxylic acids is 1. The molecule has 216 valence electrons. The molecule has 0 aliphatic rings. The first-order chi connectivity index (χ1) is 18.7. The fourth-order valence-corrected chi connectivity index (χ4v) is 3.30. The standard InChI is InChI=1S/C20H24FNO5.C9H13Cl.C2H6/c1-13-4-5-17(14(2)10-13)27-19-12-16(21)15(11-18(19)26-3)20(25)22(6-8-23)7-9-24;1-3-4-5-6-7-9(2)8-10;1-2/h4-5,10-12,23-24H,6-9H2,1-3H3;3-5,7H,1,6,8H2,2H3;1-2H3/b;5-4-,9-7-;. The minimum absolute atomic E-state index is 0.0119. The summed E-state index contributed by atoms with van der Waals surface area (Å²) in [4.78, 5) is 13.7. The van der Waals surface area contributed by atoms with Crippen LogP contribution in [0.25, 0.3) is 0 Å². The lowest BCUT2D eigenvalue weighted by Gasteiger charge is -2.21. The highest BCUT2D eigenvalue weighted by atomic mass is 35.5. The zero-order chi connectivity index (χ0) is 29.8. The van der Waals surface area contributed by atoms with E-state index in [1.54, 1.807) is 12.1 Å². The van der Waals surface area contributed by atoms with Crippen molar-refractivity contribution >= 4 is 17.5 Å². The monoisotopic (exact) mass is 563 g/mol. The van der Waals surface area contributed by atoms with Crippen molar-refractivity contribution in [2.45, 2.75) is 41.0 Å². The second kappa shape index (κ2) is 20.8. The van der Waals surface area contributed by atoms with Crippen molar-refractivity contribution < 1.29 is 28.9 Å². The molecule has 0 fully saturated rings. The lowest BCUT2D eigenvalue weighted by molar-refractivity contribution is 0.0679. The van der Waals surface area contributed by atoms with E-state index >= 15 is 0 Å². The molecule has 0 bridgehead atoms. The van der Waals surface area contributed by atoms with Gasteiger partial charge in [0, 0.05) is 25.0 Å². The maximum absolute atomic E-state index is 14.6. The maximum Gasteiger partial charge on any atom is 0.257 e. The number of aliphatic hydroxyl groups is 2. The van der Waals surface area contributed by atoms with E-state index in [1.807, 2.05) is 58.9 Å². The van der Waals surface area contributed by atoms with Crippen LogP contribution in [0.1, 0.15) is 48.7 Å². The lowest BCUT2D eigenvalue weighted by Crippen LogP contribution is -2.36. The smallest absolute Gasteiger partial charge is 0.257 e. The quantitative estimate of drug-likeness (QED) is 0.165. The fraction of sp³-hybridized carbons (Fsp3) is 0.387. The van der Waals surface area contributed by atoms with Crippen molar-refractivity contribution in [3.8, 4) is 17.2 Å². The molecule has 0 radical (unpaired) electrons. The summed E-state index contributed by atoms with van der Waals surface area (Å²) >= 11 is 5.55. The van der Waals surface area contributed by atoms with Gasteiger partial charge in [0.05, 0.1) is 25.9 Å².